The Morgan fingerprint density at radius 3 is 1.80 bits per heavy atom. The van der Waals surface area contributed by atoms with Gasteiger partial charge in [-0.2, -0.15) is 4.39 Å². The molecule has 0 saturated heterocycles. The van der Waals surface area contributed by atoms with Gasteiger partial charge in [-0.05, 0) is 98.8 Å². The van der Waals surface area contributed by atoms with Crippen molar-refractivity contribution in [3.63, 3.8) is 0 Å². The zero-order chi connectivity index (χ0) is 31.5. The molecule has 2 N–H and O–H groups in total. The topological polar surface area (TPSA) is 49.7 Å². The molecular weight excluding hydrogens is 582 g/mol. The molecule has 2 saturated carbocycles. The summed E-state index contributed by atoms with van der Waals surface area (Å²) in [5.41, 5.74) is -0.305. The lowest BCUT2D eigenvalue weighted by atomic mass is 9.78. The zero-order valence-electron chi connectivity index (χ0n) is 24.7. The van der Waals surface area contributed by atoms with Gasteiger partial charge in [0.15, 0.2) is 34.8 Å². The summed E-state index contributed by atoms with van der Waals surface area (Å²) in [6, 6.07) is 7.68. The van der Waals surface area contributed by atoms with Crippen molar-refractivity contribution in [2.45, 2.75) is 95.2 Å². The molecule has 3 aromatic carbocycles. The molecule has 0 bridgehead atoms. The fraction of sp³-hybridized carbons (Fsp3) is 0.486. The molecule has 238 valence electrons. The molecule has 0 heterocycles. The summed E-state index contributed by atoms with van der Waals surface area (Å²) in [5.74, 6) is -8.08. The van der Waals surface area contributed by atoms with Gasteiger partial charge in [0.1, 0.15) is 0 Å². The first-order chi connectivity index (χ1) is 21.1. The van der Waals surface area contributed by atoms with E-state index in [1.807, 2.05) is 6.92 Å². The lowest BCUT2D eigenvalue weighted by molar-refractivity contribution is -0.00295. The quantitative estimate of drug-likeness (QED) is 0.234. The summed E-state index contributed by atoms with van der Waals surface area (Å²) in [4.78, 5) is 0. The van der Waals surface area contributed by atoms with Crippen molar-refractivity contribution in [2.75, 3.05) is 6.61 Å². The van der Waals surface area contributed by atoms with Crippen molar-refractivity contribution in [1.29, 1.82) is 0 Å². The zero-order valence-corrected chi connectivity index (χ0v) is 24.7. The van der Waals surface area contributed by atoms with E-state index in [1.165, 1.54) is 18.2 Å². The molecular formula is C35H38F6O3. The molecule has 9 heteroatoms. The number of ether oxygens (including phenoxy) is 1. The number of benzene rings is 3. The number of halogens is 6. The number of aromatic hydroxyl groups is 1. The highest BCUT2D eigenvalue weighted by Crippen LogP contribution is 2.41. The van der Waals surface area contributed by atoms with Crippen LogP contribution in [0.3, 0.4) is 0 Å². The second-order valence-corrected chi connectivity index (χ2v) is 12.3. The largest absolute Gasteiger partial charge is 0.505 e. The third kappa shape index (κ3) is 6.64. The Morgan fingerprint density at radius 1 is 0.659 bits per heavy atom. The predicted molar refractivity (Wildman–Crippen MR) is 155 cm³/mol. The Balaban J connectivity index is 1.11. The van der Waals surface area contributed by atoms with Crippen LogP contribution in [0.4, 0.5) is 26.3 Å². The number of hydrogen-bond donors (Lipinski definition) is 2. The van der Waals surface area contributed by atoms with Gasteiger partial charge in [0.05, 0.1) is 12.2 Å². The molecule has 2 fully saturated rings. The second kappa shape index (κ2) is 13.9. The van der Waals surface area contributed by atoms with Crippen molar-refractivity contribution >= 4 is 0 Å². The van der Waals surface area contributed by atoms with Crippen molar-refractivity contribution in [3.05, 3.63) is 88.0 Å². The summed E-state index contributed by atoms with van der Waals surface area (Å²) >= 11 is 0. The first-order valence-electron chi connectivity index (χ1n) is 15.5. The number of aliphatic hydroxyl groups excluding tert-OH is 1. The van der Waals surface area contributed by atoms with E-state index < -0.39 is 57.9 Å². The van der Waals surface area contributed by atoms with Crippen LogP contribution in [0.2, 0.25) is 0 Å². The summed E-state index contributed by atoms with van der Waals surface area (Å²) in [7, 11) is 0. The molecule has 5 rings (SSSR count). The Kier molecular flexibility index (Phi) is 10.3. The molecule has 1 atom stereocenters. The van der Waals surface area contributed by atoms with Gasteiger partial charge in [-0.15, -0.1) is 0 Å². The molecule has 3 aromatic rings. The van der Waals surface area contributed by atoms with E-state index in [2.05, 4.69) is 0 Å². The molecule has 0 aliphatic heterocycles. The second-order valence-electron chi connectivity index (χ2n) is 12.3. The fourth-order valence-corrected chi connectivity index (χ4v) is 6.87. The first kappa shape index (κ1) is 32.4. The number of hydrogen-bond acceptors (Lipinski definition) is 3. The van der Waals surface area contributed by atoms with Crippen LogP contribution in [0.5, 0.6) is 5.75 Å². The van der Waals surface area contributed by atoms with Crippen LogP contribution in [0.1, 0.15) is 106 Å². The van der Waals surface area contributed by atoms with Crippen LogP contribution in [0, 0.1) is 40.8 Å². The van der Waals surface area contributed by atoms with Gasteiger partial charge in [0, 0.05) is 23.3 Å². The van der Waals surface area contributed by atoms with E-state index in [4.69, 9.17) is 4.74 Å². The maximum absolute atomic E-state index is 15.1. The van der Waals surface area contributed by atoms with Gasteiger partial charge in [0.2, 0.25) is 5.82 Å². The molecule has 2 aliphatic rings. The molecule has 3 nitrogen and oxygen atoms in total. The van der Waals surface area contributed by atoms with Crippen molar-refractivity contribution in [3.8, 4) is 16.9 Å². The minimum absolute atomic E-state index is 0.00545. The van der Waals surface area contributed by atoms with Crippen molar-refractivity contribution in [2.24, 2.45) is 5.92 Å². The molecule has 0 radical (unpaired) electrons. The van der Waals surface area contributed by atoms with E-state index in [9.17, 15) is 32.2 Å². The number of phenolic OH excluding ortho intramolecular Hbond substituents is 1. The average molecular weight is 621 g/mol. The van der Waals surface area contributed by atoms with Crippen LogP contribution in [-0.4, -0.2) is 22.9 Å². The van der Waals surface area contributed by atoms with Crippen LogP contribution in [-0.2, 0) is 4.74 Å². The van der Waals surface area contributed by atoms with Crippen LogP contribution < -0.4 is 0 Å². The van der Waals surface area contributed by atoms with E-state index in [-0.39, 0.29) is 35.0 Å². The van der Waals surface area contributed by atoms with Gasteiger partial charge >= 0.3 is 0 Å². The summed E-state index contributed by atoms with van der Waals surface area (Å²) in [6.45, 7) is 2.41. The highest BCUT2D eigenvalue weighted by molar-refractivity contribution is 5.66. The molecule has 0 spiro atoms. The maximum Gasteiger partial charge on any atom is 0.200 e. The average Bonchev–Trinajstić information content (AvgIpc) is 3.03. The van der Waals surface area contributed by atoms with Gasteiger partial charge < -0.3 is 14.9 Å². The normalized spacial score (nSPS) is 23.1. The van der Waals surface area contributed by atoms with Crippen molar-refractivity contribution in [1.82, 2.24) is 0 Å². The van der Waals surface area contributed by atoms with E-state index in [1.54, 1.807) is 6.07 Å². The van der Waals surface area contributed by atoms with Crippen LogP contribution in [0.15, 0.2) is 36.4 Å². The Hall–Kier alpha value is -3.04. The number of aliphatic hydroxyl groups is 1. The lowest BCUT2D eigenvalue weighted by Gasteiger charge is -2.33. The highest BCUT2D eigenvalue weighted by atomic mass is 19.2. The standard InChI is InChI=1S/C35H38F6O3/c1-2-3-28(42)27-15-13-24(31(37)34(27)40)21-8-10-22(11-9-21)44-18-19-4-6-20(7-5-19)23-12-14-25(32(38)30(23)36)26-16-17-29(43)35(41)33(26)39/h12-17,19-22,28,42-43H,2-11,18H2,1H3. The number of phenols is 1. The monoisotopic (exact) mass is 620 g/mol. The molecule has 44 heavy (non-hydrogen) atoms. The Bertz CT molecular complexity index is 1460. The summed E-state index contributed by atoms with van der Waals surface area (Å²) in [6.07, 6.45) is 5.63. The van der Waals surface area contributed by atoms with E-state index in [0.717, 1.165) is 37.8 Å². The van der Waals surface area contributed by atoms with E-state index >= 15 is 4.39 Å². The van der Waals surface area contributed by atoms with Gasteiger partial charge in [-0.1, -0.05) is 37.6 Å². The summed E-state index contributed by atoms with van der Waals surface area (Å²) in [5, 5.41) is 19.4. The SMILES string of the molecule is CCCC(O)c1ccc(C2CCC(OCC3CCC(c4ccc(-c5ccc(O)c(F)c5F)c(F)c4F)CC3)CC2)c(F)c1F. The highest BCUT2D eigenvalue weighted by Gasteiger charge is 2.31. The van der Waals surface area contributed by atoms with Gasteiger partial charge in [-0.25, -0.2) is 22.0 Å². The molecule has 1 unspecified atom stereocenters. The third-order valence-corrected chi connectivity index (χ3v) is 9.50. The summed E-state index contributed by atoms with van der Waals surface area (Å²) < 4.78 is 93.9. The fourth-order valence-electron chi connectivity index (χ4n) is 6.87. The Labute approximate surface area is 253 Å². The molecule has 0 amide bonds. The van der Waals surface area contributed by atoms with Gasteiger partial charge in [-0.3, -0.25) is 0 Å². The lowest BCUT2D eigenvalue weighted by Crippen LogP contribution is -2.26. The van der Waals surface area contributed by atoms with E-state index in [0.29, 0.717) is 50.7 Å². The first-order valence-corrected chi connectivity index (χ1v) is 15.5. The molecule has 0 aromatic heterocycles. The van der Waals surface area contributed by atoms with Crippen molar-refractivity contribution < 1.29 is 41.3 Å². The van der Waals surface area contributed by atoms with Crippen LogP contribution >= 0.6 is 0 Å². The minimum atomic E-state index is -1.52. The maximum atomic E-state index is 15.1. The minimum Gasteiger partial charge on any atom is -0.505 e. The van der Waals surface area contributed by atoms with Crippen LogP contribution in [0.25, 0.3) is 11.1 Å². The smallest absolute Gasteiger partial charge is 0.200 e. The number of rotatable bonds is 9. The predicted octanol–water partition coefficient (Wildman–Crippen LogP) is 9.74. The third-order valence-electron chi connectivity index (χ3n) is 9.50. The van der Waals surface area contributed by atoms with Gasteiger partial charge in [0.25, 0.3) is 0 Å². The Morgan fingerprint density at radius 2 is 1.18 bits per heavy atom. The molecule has 2 aliphatic carbocycles.